The number of hydrogen-bond donors (Lipinski definition) is 1. The van der Waals surface area contributed by atoms with Gasteiger partial charge in [-0.05, 0) is 43.5 Å². The summed E-state index contributed by atoms with van der Waals surface area (Å²) >= 11 is 0. The summed E-state index contributed by atoms with van der Waals surface area (Å²) in [7, 11) is 7.84. The number of aromatic nitrogens is 2. The largest absolute Gasteiger partial charge is 0.381 e. The second-order valence-corrected chi connectivity index (χ2v) is 7.66. The van der Waals surface area contributed by atoms with Gasteiger partial charge in [0.1, 0.15) is 11.6 Å². The van der Waals surface area contributed by atoms with Crippen LogP contribution in [0.15, 0.2) is 36.7 Å². The Hall–Kier alpha value is -2.83. The molecule has 1 saturated heterocycles. The molecule has 1 aliphatic rings. The topological polar surface area (TPSA) is 64.6 Å². The van der Waals surface area contributed by atoms with Crippen molar-refractivity contribution in [2.45, 2.75) is 25.3 Å². The van der Waals surface area contributed by atoms with Crippen molar-refractivity contribution in [3.05, 3.63) is 42.2 Å². The monoisotopic (exact) mass is 382 g/mol. The zero-order chi connectivity index (χ0) is 20.1. The van der Waals surface area contributed by atoms with Crippen LogP contribution in [0.1, 0.15) is 29.6 Å². The molecule has 2 aromatic heterocycles. The third kappa shape index (κ3) is 4.91. The summed E-state index contributed by atoms with van der Waals surface area (Å²) < 4.78 is 0. The van der Waals surface area contributed by atoms with E-state index in [0.717, 1.165) is 49.7 Å². The van der Waals surface area contributed by atoms with E-state index >= 15 is 0 Å². The van der Waals surface area contributed by atoms with E-state index in [2.05, 4.69) is 21.4 Å². The van der Waals surface area contributed by atoms with Crippen molar-refractivity contribution >= 4 is 23.2 Å². The zero-order valence-electron chi connectivity index (χ0n) is 17.2. The second-order valence-electron chi connectivity index (χ2n) is 7.66. The van der Waals surface area contributed by atoms with Gasteiger partial charge >= 0.3 is 0 Å². The second kappa shape index (κ2) is 8.91. The number of amides is 1. The van der Waals surface area contributed by atoms with Crippen LogP contribution in [0, 0.1) is 0 Å². The highest BCUT2D eigenvalue weighted by Gasteiger charge is 2.22. The molecule has 3 rings (SSSR count). The minimum atomic E-state index is 0.0652. The Morgan fingerprint density at radius 1 is 0.964 bits per heavy atom. The van der Waals surface area contributed by atoms with Gasteiger partial charge in [0.05, 0.1) is 17.4 Å². The predicted molar refractivity (Wildman–Crippen MR) is 114 cm³/mol. The van der Waals surface area contributed by atoms with Gasteiger partial charge in [-0.1, -0.05) is 0 Å². The number of nitrogens with one attached hydrogen (secondary N) is 1. The smallest absolute Gasteiger partial charge is 0.255 e. The molecule has 2 aromatic rings. The van der Waals surface area contributed by atoms with Crippen molar-refractivity contribution in [1.82, 2.24) is 14.9 Å². The fourth-order valence-electron chi connectivity index (χ4n) is 3.38. The third-order valence-electron chi connectivity index (χ3n) is 5.05. The molecule has 1 N–H and O–H groups in total. The number of hydrogen-bond acceptors (Lipinski definition) is 6. The lowest BCUT2D eigenvalue weighted by atomic mass is 10.1. The van der Waals surface area contributed by atoms with Crippen molar-refractivity contribution in [2.24, 2.45) is 0 Å². The number of nitrogens with zero attached hydrogens (tertiary/aromatic N) is 5. The van der Waals surface area contributed by atoms with Gasteiger partial charge in [0, 0.05) is 53.5 Å². The number of pyridine rings is 2. The molecule has 1 fully saturated rings. The lowest BCUT2D eigenvalue weighted by Gasteiger charge is -2.21. The summed E-state index contributed by atoms with van der Waals surface area (Å²) in [4.78, 5) is 27.5. The van der Waals surface area contributed by atoms with Crippen LogP contribution in [0.2, 0.25) is 0 Å². The van der Waals surface area contributed by atoms with Crippen molar-refractivity contribution in [2.75, 3.05) is 56.4 Å². The molecule has 150 valence electrons. The number of anilines is 3. The van der Waals surface area contributed by atoms with Crippen molar-refractivity contribution in [3.63, 3.8) is 0 Å². The summed E-state index contributed by atoms with van der Waals surface area (Å²) in [5.41, 5.74) is 1.68. The summed E-state index contributed by atoms with van der Waals surface area (Å²) in [5, 5.41) is 3.57. The summed E-state index contributed by atoms with van der Waals surface area (Å²) in [5.74, 6) is 1.86. The fourth-order valence-corrected chi connectivity index (χ4v) is 3.38. The molecule has 1 amide bonds. The average molecular weight is 383 g/mol. The van der Waals surface area contributed by atoms with Crippen LogP contribution >= 0.6 is 0 Å². The van der Waals surface area contributed by atoms with E-state index in [1.807, 2.05) is 67.3 Å². The highest BCUT2D eigenvalue weighted by molar-refractivity contribution is 5.94. The predicted octanol–water partition coefficient (Wildman–Crippen LogP) is 2.72. The van der Waals surface area contributed by atoms with Crippen molar-refractivity contribution in [1.29, 1.82) is 0 Å². The normalized spacial score (nSPS) is 17.0. The average Bonchev–Trinajstić information content (AvgIpc) is 2.93. The highest BCUT2D eigenvalue weighted by atomic mass is 16.2. The molecular formula is C21H30N6O. The molecule has 0 radical (unpaired) electrons. The summed E-state index contributed by atoms with van der Waals surface area (Å²) in [6.07, 6.45) is 6.49. The molecule has 1 unspecified atom stereocenters. The first-order chi connectivity index (χ1) is 13.4. The summed E-state index contributed by atoms with van der Waals surface area (Å²) in [6, 6.07) is 8.18. The van der Waals surface area contributed by atoms with E-state index in [-0.39, 0.29) is 5.91 Å². The quantitative estimate of drug-likeness (QED) is 0.858. The maximum Gasteiger partial charge on any atom is 0.255 e. The van der Waals surface area contributed by atoms with Crippen LogP contribution < -0.4 is 15.1 Å². The van der Waals surface area contributed by atoms with Gasteiger partial charge in [-0.2, -0.15) is 0 Å². The molecule has 7 nitrogen and oxygen atoms in total. The highest BCUT2D eigenvalue weighted by Crippen LogP contribution is 2.19. The maximum atomic E-state index is 12.8. The Morgan fingerprint density at radius 2 is 1.64 bits per heavy atom. The van der Waals surface area contributed by atoms with E-state index in [1.165, 1.54) is 0 Å². The van der Waals surface area contributed by atoms with Crippen LogP contribution in [0.25, 0.3) is 0 Å². The number of likely N-dealkylation sites (tertiary alicyclic amines) is 1. The summed E-state index contributed by atoms with van der Waals surface area (Å²) in [6.45, 7) is 1.53. The third-order valence-corrected chi connectivity index (χ3v) is 5.05. The number of rotatable bonds is 5. The van der Waals surface area contributed by atoms with Gasteiger partial charge in [0.15, 0.2) is 0 Å². The lowest BCUT2D eigenvalue weighted by Crippen LogP contribution is -2.32. The maximum absolute atomic E-state index is 12.8. The van der Waals surface area contributed by atoms with E-state index in [0.29, 0.717) is 11.6 Å². The Morgan fingerprint density at radius 3 is 2.21 bits per heavy atom. The van der Waals surface area contributed by atoms with Gasteiger partial charge in [0.2, 0.25) is 0 Å². The molecule has 0 aliphatic carbocycles. The van der Waals surface area contributed by atoms with Crippen LogP contribution in [0.4, 0.5) is 17.3 Å². The molecule has 7 heteroatoms. The van der Waals surface area contributed by atoms with Crippen LogP contribution in [-0.2, 0) is 0 Å². The lowest BCUT2D eigenvalue weighted by molar-refractivity contribution is 0.0761. The number of carbonyl (C=O) groups excluding carboxylic acids is 1. The molecule has 28 heavy (non-hydrogen) atoms. The van der Waals surface area contributed by atoms with Crippen molar-refractivity contribution < 1.29 is 4.79 Å². The van der Waals surface area contributed by atoms with Gasteiger partial charge in [0.25, 0.3) is 5.91 Å². The zero-order valence-corrected chi connectivity index (χ0v) is 17.2. The van der Waals surface area contributed by atoms with E-state index in [1.54, 1.807) is 6.20 Å². The van der Waals surface area contributed by atoms with Gasteiger partial charge in [-0.15, -0.1) is 0 Å². The van der Waals surface area contributed by atoms with Crippen LogP contribution in [0.3, 0.4) is 0 Å². The molecule has 0 bridgehead atoms. The Labute approximate surface area is 167 Å². The minimum Gasteiger partial charge on any atom is -0.381 e. The first-order valence-electron chi connectivity index (χ1n) is 9.76. The molecule has 0 spiro atoms. The fraction of sp³-hybridized carbons (Fsp3) is 0.476. The molecule has 3 heterocycles. The Balaban J connectivity index is 1.57. The standard InChI is InChI=1S/C21H30N6O/c1-25(2)19-9-7-16(14-22-19)21(28)27-12-5-6-17(11-13-27)24-18-8-10-20(23-15-18)26(3)4/h7-10,14-15,17,24H,5-6,11-13H2,1-4H3. The molecule has 0 saturated carbocycles. The van der Waals surface area contributed by atoms with Crippen LogP contribution in [0.5, 0.6) is 0 Å². The Kier molecular flexibility index (Phi) is 6.34. The van der Waals surface area contributed by atoms with Gasteiger partial charge in [-0.25, -0.2) is 9.97 Å². The molecule has 1 aliphatic heterocycles. The minimum absolute atomic E-state index is 0.0652. The number of carbonyl (C=O) groups is 1. The first kappa shape index (κ1) is 19.9. The van der Waals surface area contributed by atoms with Crippen molar-refractivity contribution in [3.8, 4) is 0 Å². The Bertz CT molecular complexity index is 772. The molecule has 0 aromatic carbocycles. The SMILES string of the molecule is CN(C)c1ccc(NC2CCCN(C(=O)c3ccc(N(C)C)nc3)CC2)cn1. The first-order valence-corrected chi connectivity index (χ1v) is 9.76. The van der Waals surface area contributed by atoms with E-state index < -0.39 is 0 Å². The van der Waals surface area contributed by atoms with Gasteiger partial charge < -0.3 is 20.0 Å². The molecule has 1 atom stereocenters. The van der Waals surface area contributed by atoms with Gasteiger partial charge in [-0.3, -0.25) is 4.79 Å². The van der Waals surface area contributed by atoms with Crippen LogP contribution in [-0.4, -0.2) is 68.1 Å². The van der Waals surface area contributed by atoms with E-state index in [4.69, 9.17) is 0 Å². The van der Waals surface area contributed by atoms with E-state index in [9.17, 15) is 4.79 Å². The molecular weight excluding hydrogens is 352 g/mol.